The Morgan fingerprint density at radius 1 is 1.38 bits per heavy atom. The van der Waals surface area contributed by atoms with Gasteiger partial charge in [-0.05, 0) is 18.9 Å². The molecule has 1 aliphatic rings. The van der Waals surface area contributed by atoms with Gasteiger partial charge in [0.1, 0.15) is 5.82 Å². The third-order valence-corrected chi connectivity index (χ3v) is 3.38. The van der Waals surface area contributed by atoms with Crippen molar-refractivity contribution in [2.24, 2.45) is 0 Å². The number of hydrogen-bond donors (Lipinski definition) is 2. The average Bonchev–Trinajstić information content (AvgIpc) is 3.02. The minimum absolute atomic E-state index is 0.340. The molecule has 3 rings (SSSR count). The highest BCUT2D eigenvalue weighted by Crippen LogP contribution is 2.13. The first-order valence-corrected chi connectivity index (χ1v) is 7.27. The summed E-state index contributed by atoms with van der Waals surface area (Å²) in [7, 11) is 0. The molecule has 1 aliphatic heterocycles. The van der Waals surface area contributed by atoms with Crippen LogP contribution in [0.5, 0.6) is 0 Å². The molecule has 3 heterocycles. The lowest BCUT2D eigenvalue weighted by atomic mass is 10.1. The molecule has 1 atom stereocenters. The van der Waals surface area contributed by atoms with Crippen LogP contribution in [0, 0.1) is 0 Å². The Balaban J connectivity index is 1.50. The van der Waals surface area contributed by atoms with Gasteiger partial charge in [-0.3, -0.25) is 0 Å². The van der Waals surface area contributed by atoms with E-state index in [-0.39, 0.29) is 0 Å². The van der Waals surface area contributed by atoms with E-state index in [1.54, 1.807) is 18.7 Å². The summed E-state index contributed by atoms with van der Waals surface area (Å²) in [5.74, 6) is 1.47. The van der Waals surface area contributed by atoms with Crippen molar-refractivity contribution in [1.82, 2.24) is 19.5 Å². The number of imidazole rings is 1. The van der Waals surface area contributed by atoms with Crippen LogP contribution in [0.3, 0.4) is 0 Å². The molecule has 7 heteroatoms. The fourth-order valence-corrected chi connectivity index (χ4v) is 2.30. The zero-order chi connectivity index (χ0) is 14.3. The van der Waals surface area contributed by atoms with E-state index >= 15 is 0 Å². The summed E-state index contributed by atoms with van der Waals surface area (Å²) >= 11 is 0. The van der Waals surface area contributed by atoms with E-state index in [0.29, 0.717) is 12.0 Å². The largest absolute Gasteiger partial charge is 0.379 e. The predicted molar refractivity (Wildman–Crippen MR) is 80.2 cm³/mol. The molecule has 0 aliphatic carbocycles. The molecule has 2 aromatic rings. The lowest BCUT2D eigenvalue weighted by Gasteiger charge is -2.23. The summed E-state index contributed by atoms with van der Waals surface area (Å²) in [4.78, 5) is 12.7. The molecular weight excluding hydrogens is 268 g/mol. The number of aromatic nitrogens is 4. The topological polar surface area (TPSA) is 76.9 Å². The van der Waals surface area contributed by atoms with Crippen molar-refractivity contribution < 1.29 is 4.74 Å². The number of nitrogens with one attached hydrogen (secondary N) is 2. The maximum atomic E-state index is 5.46. The Morgan fingerprint density at radius 2 is 2.38 bits per heavy atom. The van der Waals surface area contributed by atoms with Gasteiger partial charge in [0.05, 0.1) is 19.0 Å². The average molecular weight is 288 g/mol. The zero-order valence-electron chi connectivity index (χ0n) is 11.9. The molecule has 7 nitrogen and oxygen atoms in total. The molecule has 2 N–H and O–H groups in total. The Bertz CT molecular complexity index is 538. The number of rotatable bonds is 6. The molecule has 0 saturated carbocycles. The van der Waals surface area contributed by atoms with Crippen molar-refractivity contribution in [3.8, 4) is 0 Å². The fraction of sp³-hybridized carbons (Fsp3) is 0.500. The zero-order valence-corrected chi connectivity index (χ0v) is 11.9. The minimum atomic E-state index is 0.340. The van der Waals surface area contributed by atoms with Crippen LogP contribution in [-0.4, -0.2) is 45.3 Å². The van der Waals surface area contributed by atoms with E-state index < -0.39 is 0 Å². The Kier molecular flexibility index (Phi) is 4.62. The van der Waals surface area contributed by atoms with E-state index in [4.69, 9.17) is 4.74 Å². The van der Waals surface area contributed by atoms with Gasteiger partial charge in [-0.25, -0.2) is 9.97 Å². The highest BCUT2D eigenvalue weighted by Gasteiger charge is 2.14. The number of anilines is 2. The SMILES string of the molecule is c1cn(CCNc2nccc(N[C@@H]3CCCOC3)n2)cn1. The molecule has 0 spiro atoms. The van der Waals surface area contributed by atoms with Gasteiger partial charge in [0.15, 0.2) is 0 Å². The van der Waals surface area contributed by atoms with Crippen molar-refractivity contribution in [1.29, 1.82) is 0 Å². The summed E-state index contributed by atoms with van der Waals surface area (Å²) < 4.78 is 7.47. The summed E-state index contributed by atoms with van der Waals surface area (Å²) in [5.41, 5.74) is 0. The summed E-state index contributed by atoms with van der Waals surface area (Å²) in [5, 5.41) is 6.61. The summed E-state index contributed by atoms with van der Waals surface area (Å²) in [6.45, 7) is 3.19. The van der Waals surface area contributed by atoms with Gasteiger partial charge >= 0.3 is 0 Å². The van der Waals surface area contributed by atoms with Gasteiger partial charge in [0.2, 0.25) is 5.95 Å². The lowest BCUT2D eigenvalue weighted by Crippen LogP contribution is -2.30. The van der Waals surface area contributed by atoms with Crippen LogP contribution < -0.4 is 10.6 Å². The molecule has 0 bridgehead atoms. The van der Waals surface area contributed by atoms with Crippen molar-refractivity contribution in [2.75, 3.05) is 30.4 Å². The molecule has 0 radical (unpaired) electrons. The number of hydrogen-bond acceptors (Lipinski definition) is 6. The highest BCUT2D eigenvalue weighted by atomic mass is 16.5. The van der Waals surface area contributed by atoms with Gasteiger partial charge < -0.3 is 19.9 Å². The van der Waals surface area contributed by atoms with Crippen LogP contribution >= 0.6 is 0 Å². The third-order valence-electron chi connectivity index (χ3n) is 3.38. The normalized spacial score (nSPS) is 18.4. The van der Waals surface area contributed by atoms with Crippen LogP contribution in [0.2, 0.25) is 0 Å². The predicted octanol–water partition coefficient (Wildman–Crippen LogP) is 1.38. The van der Waals surface area contributed by atoms with E-state index in [1.807, 2.05) is 16.8 Å². The second-order valence-electron chi connectivity index (χ2n) is 5.05. The van der Waals surface area contributed by atoms with Gasteiger partial charge in [0.25, 0.3) is 0 Å². The van der Waals surface area contributed by atoms with Gasteiger partial charge in [-0.2, -0.15) is 4.98 Å². The number of ether oxygens (including phenoxy) is 1. The van der Waals surface area contributed by atoms with E-state index in [0.717, 1.165) is 45.0 Å². The van der Waals surface area contributed by atoms with Crippen molar-refractivity contribution in [3.05, 3.63) is 31.0 Å². The molecular formula is C14H20N6O. The Morgan fingerprint density at radius 3 is 3.19 bits per heavy atom. The van der Waals surface area contributed by atoms with Gasteiger partial charge in [0, 0.05) is 38.3 Å². The van der Waals surface area contributed by atoms with E-state index in [1.165, 1.54) is 0 Å². The Labute approximate surface area is 123 Å². The van der Waals surface area contributed by atoms with Gasteiger partial charge in [-0.15, -0.1) is 0 Å². The second kappa shape index (κ2) is 7.03. The third kappa shape index (κ3) is 4.16. The Hall–Kier alpha value is -2.15. The first kappa shape index (κ1) is 13.8. The minimum Gasteiger partial charge on any atom is -0.379 e. The molecule has 112 valence electrons. The molecule has 21 heavy (non-hydrogen) atoms. The van der Waals surface area contributed by atoms with Crippen molar-refractivity contribution in [2.45, 2.75) is 25.4 Å². The highest BCUT2D eigenvalue weighted by molar-refractivity contribution is 5.40. The lowest BCUT2D eigenvalue weighted by molar-refractivity contribution is 0.0875. The summed E-state index contributed by atoms with van der Waals surface area (Å²) in [6.07, 6.45) is 9.48. The summed E-state index contributed by atoms with van der Waals surface area (Å²) in [6, 6.07) is 2.22. The van der Waals surface area contributed by atoms with E-state index in [2.05, 4.69) is 25.6 Å². The van der Waals surface area contributed by atoms with Gasteiger partial charge in [-0.1, -0.05) is 0 Å². The molecule has 0 unspecified atom stereocenters. The standard InChI is InChI=1S/C14H20N6O/c1-2-12(10-21-9-1)18-13-3-4-16-14(19-13)17-6-8-20-7-5-15-11-20/h3-5,7,11-12H,1-2,6,8-10H2,(H2,16,17,18,19)/t12-/m1/s1. The van der Waals surface area contributed by atoms with E-state index in [9.17, 15) is 0 Å². The molecule has 0 aromatic carbocycles. The first-order valence-electron chi connectivity index (χ1n) is 7.27. The monoisotopic (exact) mass is 288 g/mol. The molecule has 1 saturated heterocycles. The quantitative estimate of drug-likeness (QED) is 0.836. The second-order valence-corrected chi connectivity index (χ2v) is 5.05. The maximum absolute atomic E-state index is 5.46. The van der Waals surface area contributed by atoms with Crippen LogP contribution in [0.1, 0.15) is 12.8 Å². The van der Waals surface area contributed by atoms with Crippen LogP contribution in [-0.2, 0) is 11.3 Å². The fourth-order valence-electron chi connectivity index (χ4n) is 2.30. The van der Waals surface area contributed by atoms with Crippen LogP contribution in [0.4, 0.5) is 11.8 Å². The van der Waals surface area contributed by atoms with Crippen molar-refractivity contribution in [3.63, 3.8) is 0 Å². The smallest absolute Gasteiger partial charge is 0.224 e. The molecule has 2 aromatic heterocycles. The van der Waals surface area contributed by atoms with Crippen LogP contribution in [0.25, 0.3) is 0 Å². The first-order chi connectivity index (χ1) is 10.4. The molecule has 1 fully saturated rings. The van der Waals surface area contributed by atoms with Crippen molar-refractivity contribution >= 4 is 11.8 Å². The number of nitrogens with zero attached hydrogens (tertiary/aromatic N) is 4. The van der Waals surface area contributed by atoms with Crippen LogP contribution in [0.15, 0.2) is 31.0 Å². The maximum Gasteiger partial charge on any atom is 0.224 e. The molecule has 0 amide bonds.